The second-order valence-electron chi connectivity index (χ2n) is 5.79. The third-order valence-corrected chi connectivity index (χ3v) is 3.95. The predicted octanol–water partition coefficient (Wildman–Crippen LogP) is 2.77. The van der Waals surface area contributed by atoms with Gasteiger partial charge in [0.05, 0.1) is 0 Å². The van der Waals surface area contributed by atoms with Crippen LogP contribution >= 0.6 is 0 Å². The van der Waals surface area contributed by atoms with Crippen LogP contribution in [0.15, 0.2) is 48.5 Å². The van der Waals surface area contributed by atoms with E-state index in [0.717, 1.165) is 24.1 Å². The monoisotopic (exact) mass is 324 g/mol. The van der Waals surface area contributed by atoms with E-state index in [1.165, 1.54) is 0 Å². The number of hydrogen-bond acceptors (Lipinski definition) is 3. The van der Waals surface area contributed by atoms with Crippen molar-refractivity contribution < 1.29 is 14.3 Å². The SMILES string of the molecule is C[C@@H](Oc1ccc2c(c1)CCCNC2=O)C(=O)Nc1ccccc1. The van der Waals surface area contributed by atoms with E-state index in [4.69, 9.17) is 4.74 Å². The van der Waals surface area contributed by atoms with Gasteiger partial charge in [-0.25, -0.2) is 0 Å². The van der Waals surface area contributed by atoms with Gasteiger partial charge < -0.3 is 15.4 Å². The van der Waals surface area contributed by atoms with Crippen molar-refractivity contribution in [2.45, 2.75) is 25.9 Å². The Balaban J connectivity index is 1.68. The maximum atomic E-state index is 12.2. The molecule has 2 aromatic carbocycles. The summed E-state index contributed by atoms with van der Waals surface area (Å²) >= 11 is 0. The number of carbonyl (C=O) groups excluding carboxylic acids is 2. The highest BCUT2D eigenvalue weighted by Crippen LogP contribution is 2.22. The maximum absolute atomic E-state index is 12.2. The highest BCUT2D eigenvalue weighted by Gasteiger charge is 2.18. The van der Waals surface area contributed by atoms with E-state index >= 15 is 0 Å². The molecule has 0 radical (unpaired) electrons. The summed E-state index contributed by atoms with van der Waals surface area (Å²) in [4.78, 5) is 24.1. The minimum Gasteiger partial charge on any atom is -0.481 e. The molecular formula is C19H20N2O3. The number of rotatable bonds is 4. The summed E-state index contributed by atoms with van der Waals surface area (Å²) in [5.41, 5.74) is 2.37. The van der Waals surface area contributed by atoms with Crippen molar-refractivity contribution in [3.8, 4) is 5.75 Å². The van der Waals surface area contributed by atoms with Gasteiger partial charge in [-0.05, 0) is 55.7 Å². The number of hydrogen-bond donors (Lipinski definition) is 2. The van der Waals surface area contributed by atoms with E-state index in [2.05, 4.69) is 10.6 Å². The summed E-state index contributed by atoms with van der Waals surface area (Å²) in [6, 6.07) is 14.6. The van der Waals surface area contributed by atoms with Crippen molar-refractivity contribution in [3.05, 3.63) is 59.7 Å². The first-order valence-corrected chi connectivity index (χ1v) is 8.07. The molecule has 2 amide bonds. The minimum absolute atomic E-state index is 0.0519. The molecule has 1 atom stereocenters. The number of benzene rings is 2. The molecule has 3 rings (SSSR count). The van der Waals surface area contributed by atoms with Gasteiger partial charge in [0, 0.05) is 17.8 Å². The van der Waals surface area contributed by atoms with Gasteiger partial charge in [0.2, 0.25) is 0 Å². The summed E-state index contributed by atoms with van der Waals surface area (Å²) in [5.74, 6) is 0.331. The fourth-order valence-electron chi connectivity index (χ4n) is 2.67. The first-order valence-electron chi connectivity index (χ1n) is 8.07. The van der Waals surface area contributed by atoms with E-state index in [1.807, 2.05) is 36.4 Å². The van der Waals surface area contributed by atoms with Crippen LogP contribution in [0.2, 0.25) is 0 Å². The van der Waals surface area contributed by atoms with Crippen LogP contribution in [-0.2, 0) is 11.2 Å². The topological polar surface area (TPSA) is 67.4 Å². The van der Waals surface area contributed by atoms with Gasteiger partial charge in [-0.15, -0.1) is 0 Å². The number of fused-ring (bicyclic) bond motifs is 1. The van der Waals surface area contributed by atoms with Gasteiger partial charge in [0.25, 0.3) is 11.8 Å². The highest BCUT2D eigenvalue weighted by molar-refractivity contribution is 5.96. The Morgan fingerprint density at radius 3 is 2.79 bits per heavy atom. The van der Waals surface area contributed by atoms with Gasteiger partial charge in [-0.3, -0.25) is 9.59 Å². The lowest BCUT2D eigenvalue weighted by Crippen LogP contribution is -2.30. The molecule has 5 nitrogen and oxygen atoms in total. The number of amides is 2. The van der Waals surface area contributed by atoms with Gasteiger partial charge >= 0.3 is 0 Å². The molecule has 0 bridgehead atoms. The zero-order valence-electron chi connectivity index (χ0n) is 13.5. The Morgan fingerprint density at radius 2 is 2.00 bits per heavy atom. The summed E-state index contributed by atoms with van der Waals surface area (Å²) in [7, 11) is 0. The molecule has 0 saturated heterocycles. The summed E-state index contributed by atoms with van der Waals surface area (Å²) in [6.07, 6.45) is 1.07. The highest BCUT2D eigenvalue weighted by atomic mass is 16.5. The third-order valence-electron chi connectivity index (χ3n) is 3.95. The predicted molar refractivity (Wildman–Crippen MR) is 92.3 cm³/mol. The largest absolute Gasteiger partial charge is 0.481 e. The lowest BCUT2D eigenvalue weighted by molar-refractivity contribution is -0.122. The third kappa shape index (κ3) is 3.74. The van der Waals surface area contributed by atoms with Crippen LogP contribution in [0.1, 0.15) is 29.3 Å². The molecule has 1 heterocycles. The molecule has 0 unspecified atom stereocenters. The van der Waals surface area contributed by atoms with Crippen molar-refractivity contribution in [3.63, 3.8) is 0 Å². The fourth-order valence-corrected chi connectivity index (χ4v) is 2.67. The molecule has 5 heteroatoms. The Labute approximate surface area is 141 Å². The smallest absolute Gasteiger partial charge is 0.265 e. The summed E-state index contributed by atoms with van der Waals surface area (Å²) in [5, 5.41) is 5.68. The molecule has 24 heavy (non-hydrogen) atoms. The Hall–Kier alpha value is -2.82. The zero-order chi connectivity index (χ0) is 16.9. The number of carbonyl (C=O) groups is 2. The van der Waals surface area contributed by atoms with Crippen molar-refractivity contribution in [2.24, 2.45) is 0 Å². The second kappa shape index (κ2) is 7.17. The van der Waals surface area contributed by atoms with Crippen LogP contribution in [0.25, 0.3) is 0 Å². The Morgan fingerprint density at radius 1 is 1.21 bits per heavy atom. The quantitative estimate of drug-likeness (QED) is 0.909. The van der Waals surface area contributed by atoms with E-state index in [1.54, 1.807) is 19.1 Å². The summed E-state index contributed by atoms with van der Waals surface area (Å²) in [6.45, 7) is 2.39. The number of aryl methyl sites for hydroxylation is 1. The van der Waals surface area contributed by atoms with Crippen LogP contribution in [0, 0.1) is 0 Å². The summed E-state index contributed by atoms with van der Waals surface area (Å²) < 4.78 is 5.75. The fraction of sp³-hybridized carbons (Fsp3) is 0.263. The van der Waals surface area contributed by atoms with E-state index in [-0.39, 0.29) is 11.8 Å². The second-order valence-corrected chi connectivity index (χ2v) is 5.79. The number of para-hydroxylation sites is 1. The molecule has 124 valence electrons. The molecule has 2 aromatic rings. The van der Waals surface area contributed by atoms with Crippen LogP contribution < -0.4 is 15.4 Å². The first kappa shape index (κ1) is 16.1. The number of anilines is 1. The van der Waals surface area contributed by atoms with E-state index < -0.39 is 6.10 Å². The van der Waals surface area contributed by atoms with Gasteiger partial charge in [-0.1, -0.05) is 18.2 Å². The number of nitrogens with one attached hydrogen (secondary N) is 2. The minimum atomic E-state index is -0.636. The van der Waals surface area contributed by atoms with Gasteiger partial charge in [0.15, 0.2) is 6.10 Å². The van der Waals surface area contributed by atoms with Crippen molar-refractivity contribution in [1.29, 1.82) is 0 Å². The number of ether oxygens (including phenoxy) is 1. The molecule has 2 N–H and O–H groups in total. The van der Waals surface area contributed by atoms with E-state index in [9.17, 15) is 9.59 Å². The van der Waals surface area contributed by atoms with E-state index in [0.29, 0.717) is 17.9 Å². The normalized spacial score (nSPS) is 14.8. The van der Waals surface area contributed by atoms with Crippen LogP contribution in [0.5, 0.6) is 5.75 Å². The molecule has 0 fully saturated rings. The average Bonchev–Trinajstić information content (AvgIpc) is 2.77. The Bertz CT molecular complexity index is 744. The molecule has 0 spiro atoms. The van der Waals surface area contributed by atoms with Gasteiger partial charge in [-0.2, -0.15) is 0 Å². The lowest BCUT2D eigenvalue weighted by Gasteiger charge is -2.16. The zero-order valence-corrected chi connectivity index (χ0v) is 13.5. The lowest BCUT2D eigenvalue weighted by atomic mass is 10.0. The molecule has 1 aliphatic heterocycles. The van der Waals surface area contributed by atoms with Crippen LogP contribution in [-0.4, -0.2) is 24.5 Å². The first-order chi connectivity index (χ1) is 11.6. The van der Waals surface area contributed by atoms with Gasteiger partial charge in [0.1, 0.15) is 5.75 Å². The average molecular weight is 324 g/mol. The van der Waals surface area contributed by atoms with Crippen molar-refractivity contribution in [2.75, 3.05) is 11.9 Å². The molecule has 1 aliphatic rings. The van der Waals surface area contributed by atoms with Crippen LogP contribution in [0.3, 0.4) is 0 Å². The van der Waals surface area contributed by atoms with Crippen molar-refractivity contribution >= 4 is 17.5 Å². The maximum Gasteiger partial charge on any atom is 0.265 e. The molecule has 0 saturated carbocycles. The van der Waals surface area contributed by atoms with Crippen molar-refractivity contribution in [1.82, 2.24) is 5.32 Å². The Kier molecular flexibility index (Phi) is 4.79. The molecule has 0 aromatic heterocycles. The standard InChI is InChI=1S/C19H20N2O3/c1-13(18(22)21-15-7-3-2-4-8-15)24-16-9-10-17-14(12-16)6-5-11-20-19(17)23/h2-4,7-10,12-13H,5-6,11H2,1H3,(H,20,23)(H,21,22)/t13-/m1/s1. The van der Waals surface area contributed by atoms with Crippen LogP contribution in [0.4, 0.5) is 5.69 Å². The molecule has 0 aliphatic carbocycles. The molecular weight excluding hydrogens is 304 g/mol.